The Morgan fingerprint density at radius 3 is 2.75 bits per heavy atom. The second-order valence-electron chi connectivity index (χ2n) is 5.20. The molecule has 0 atom stereocenters. The summed E-state index contributed by atoms with van der Waals surface area (Å²) in [7, 11) is 0. The summed E-state index contributed by atoms with van der Waals surface area (Å²) in [6, 6.07) is 13.2. The fourth-order valence-corrected chi connectivity index (χ4v) is 2.63. The summed E-state index contributed by atoms with van der Waals surface area (Å²) in [6.45, 7) is 3.24. The second kappa shape index (κ2) is 9.53. The molecule has 0 radical (unpaired) electrons. The maximum atomic E-state index is 12.1. The Kier molecular flexibility index (Phi) is 7.06. The van der Waals surface area contributed by atoms with Crippen molar-refractivity contribution in [2.75, 3.05) is 6.61 Å². The van der Waals surface area contributed by atoms with Crippen LogP contribution in [0.25, 0.3) is 6.08 Å². The molecule has 1 amide bonds. The molecule has 0 saturated carbocycles. The molecule has 2 aromatic rings. The number of rotatable bonds is 8. The molecule has 1 N–H and O–H groups in total. The van der Waals surface area contributed by atoms with Crippen LogP contribution in [0.3, 0.4) is 0 Å². The summed E-state index contributed by atoms with van der Waals surface area (Å²) in [5, 5.41) is 13.9. The van der Waals surface area contributed by atoms with Crippen molar-refractivity contribution >= 4 is 23.3 Å². The highest BCUT2D eigenvalue weighted by Gasteiger charge is 2.09. The Morgan fingerprint density at radius 1 is 1.33 bits per heavy atom. The van der Waals surface area contributed by atoms with E-state index in [0.717, 1.165) is 29.0 Å². The zero-order chi connectivity index (χ0) is 17.2. The van der Waals surface area contributed by atoms with Gasteiger partial charge in [0.25, 0.3) is 5.91 Å². The fourth-order valence-electron chi connectivity index (χ4n) is 1.99. The van der Waals surface area contributed by atoms with Gasteiger partial charge in [-0.25, -0.2) is 0 Å². The number of hydrogen-bond donors (Lipinski definition) is 1. The van der Waals surface area contributed by atoms with E-state index in [2.05, 4.69) is 12.2 Å². The van der Waals surface area contributed by atoms with Gasteiger partial charge in [0.15, 0.2) is 0 Å². The fraction of sp³-hybridized carbons (Fsp3) is 0.263. The average molecular weight is 340 g/mol. The Morgan fingerprint density at radius 2 is 2.12 bits per heavy atom. The van der Waals surface area contributed by atoms with Gasteiger partial charge in [-0.2, -0.15) is 5.26 Å². The minimum Gasteiger partial charge on any atom is -0.494 e. The van der Waals surface area contributed by atoms with Crippen molar-refractivity contribution in [2.45, 2.75) is 26.3 Å². The summed E-state index contributed by atoms with van der Waals surface area (Å²) in [5.41, 5.74) is 0.881. The number of nitrogens with zero attached hydrogens (tertiary/aromatic N) is 1. The molecule has 4 nitrogen and oxygen atoms in total. The van der Waals surface area contributed by atoms with Crippen LogP contribution in [0.4, 0.5) is 0 Å². The van der Waals surface area contributed by atoms with E-state index >= 15 is 0 Å². The van der Waals surface area contributed by atoms with Crippen LogP contribution < -0.4 is 10.1 Å². The van der Waals surface area contributed by atoms with Gasteiger partial charge in [-0.05, 0) is 41.6 Å². The van der Waals surface area contributed by atoms with E-state index in [1.54, 1.807) is 17.4 Å². The van der Waals surface area contributed by atoms with Crippen molar-refractivity contribution in [2.24, 2.45) is 0 Å². The van der Waals surface area contributed by atoms with Gasteiger partial charge in [0, 0.05) is 4.88 Å². The van der Waals surface area contributed by atoms with Crippen molar-refractivity contribution in [3.05, 3.63) is 57.8 Å². The minimum atomic E-state index is -0.367. The van der Waals surface area contributed by atoms with Crippen LogP contribution in [0.2, 0.25) is 0 Å². The summed E-state index contributed by atoms with van der Waals surface area (Å²) in [6.07, 6.45) is 3.69. The van der Waals surface area contributed by atoms with E-state index in [-0.39, 0.29) is 11.5 Å². The molecule has 24 heavy (non-hydrogen) atoms. The van der Waals surface area contributed by atoms with Gasteiger partial charge in [0.1, 0.15) is 17.4 Å². The van der Waals surface area contributed by atoms with Crippen LogP contribution in [0.5, 0.6) is 5.75 Å². The topological polar surface area (TPSA) is 62.1 Å². The molecule has 1 aromatic carbocycles. The summed E-state index contributed by atoms with van der Waals surface area (Å²) < 4.78 is 5.60. The maximum absolute atomic E-state index is 12.1. The highest BCUT2D eigenvalue weighted by Crippen LogP contribution is 2.15. The molecular formula is C19H20N2O2S. The van der Waals surface area contributed by atoms with Crippen molar-refractivity contribution < 1.29 is 9.53 Å². The van der Waals surface area contributed by atoms with Gasteiger partial charge in [0.2, 0.25) is 0 Å². The van der Waals surface area contributed by atoms with E-state index in [0.29, 0.717) is 13.2 Å². The predicted octanol–water partition coefficient (Wildman–Crippen LogP) is 4.15. The first-order valence-electron chi connectivity index (χ1n) is 7.88. The van der Waals surface area contributed by atoms with Crippen molar-refractivity contribution in [1.29, 1.82) is 5.26 Å². The number of carbonyl (C=O) groups excluding carboxylic acids is 1. The number of hydrogen-bond acceptors (Lipinski definition) is 4. The third kappa shape index (κ3) is 5.56. The van der Waals surface area contributed by atoms with E-state index in [1.165, 1.54) is 0 Å². The van der Waals surface area contributed by atoms with Crippen molar-refractivity contribution in [3.8, 4) is 11.8 Å². The smallest absolute Gasteiger partial charge is 0.262 e. The van der Waals surface area contributed by atoms with Gasteiger partial charge < -0.3 is 10.1 Å². The second-order valence-corrected chi connectivity index (χ2v) is 6.24. The number of nitriles is 1. The summed E-state index contributed by atoms with van der Waals surface area (Å²) >= 11 is 1.57. The number of benzene rings is 1. The van der Waals surface area contributed by atoms with Gasteiger partial charge in [-0.1, -0.05) is 31.5 Å². The van der Waals surface area contributed by atoms with E-state index < -0.39 is 0 Å². The molecule has 0 spiro atoms. The number of unbranched alkanes of at least 4 members (excludes halogenated alkanes) is 1. The summed E-state index contributed by atoms with van der Waals surface area (Å²) in [4.78, 5) is 13.1. The molecule has 1 aromatic heterocycles. The molecule has 2 rings (SSSR count). The van der Waals surface area contributed by atoms with Crippen molar-refractivity contribution in [1.82, 2.24) is 5.32 Å². The van der Waals surface area contributed by atoms with E-state index in [1.807, 2.05) is 47.8 Å². The third-order valence-electron chi connectivity index (χ3n) is 3.33. The van der Waals surface area contributed by atoms with Crippen LogP contribution in [0, 0.1) is 11.3 Å². The number of thiophene rings is 1. The first kappa shape index (κ1) is 17.8. The molecule has 124 valence electrons. The van der Waals surface area contributed by atoms with Gasteiger partial charge >= 0.3 is 0 Å². The monoisotopic (exact) mass is 340 g/mol. The van der Waals surface area contributed by atoms with Gasteiger partial charge in [-0.15, -0.1) is 11.3 Å². The lowest BCUT2D eigenvalue weighted by Gasteiger charge is -2.05. The molecule has 0 aliphatic heterocycles. The molecule has 0 fully saturated rings. The van der Waals surface area contributed by atoms with Gasteiger partial charge in [-0.3, -0.25) is 4.79 Å². The highest BCUT2D eigenvalue weighted by atomic mass is 32.1. The molecule has 0 saturated heterocycles. The number of ether oxygens (including phenoxy) is 1. The maximum Gasteiger partial charge on any atom is 0.262 e. The van der Waals surface area contributed by atoms with E-state index in [4.69, 9.17) is 4.74 Å². The number of carbonyl (C=O) groups is 1. The Bertz CT molecular complexity index is 713. The van der Waals surface area contributed by atoms with Gasteiger partial charge in [0.05, 0.1) is 13.2 Å². The Hall–Kier alpha value is -2.58. The molecule has 1 heterocycles. The first-order valence-corrected chi connectivity index (χ1v) is 8.76. The van der Waals surface area contributed by atoms with Crippen LogP contribution in [0.1, 0.15) is 30.2 Å². The molecule has 0 aliphatic carbocycles. The Balaban J connectivity index is 1.96. The molecular weight excluding hydrogens is 320 g/mol. The molecule has 0 unspecified atom stereocenters. The van der Waals surface area contributed by atoms with E-state index in [9.17, 15) is 10.1 Å². The lowest BCUT2D eigenvalue weighted by atomic mass is 10.1. The summed E-state index contributed by atoms with van der Waals surface area (Å²) in [5.74, 6) is 0.426. The normalized spacial score (nSPS) is 10.9. The average Bonchev–Trinajstić information content (AvgIpc) is 3.12. The minimum absolute atomic E-state index is 0.0891. The standard InChI is InChI=1S/C19H20N2O2S/c1-2-3-10-23-17-8-6-15(7-9-17)12-16(13-20)19(22)21-14-18-5-4-11-24-18/h4-9,11-12H,2-3,10,14H2,1H3,(H,21,22). The molecule has 0 bridgehead atoms. The number of amides is 1. The zero-order valence-electron chi connectivity index (χ0n) is 13.6. The quantitative estimate of drug-likeness (QED) is 0.446. The van der Waals surface area contributed by atoms with Crippen LogP contribution in [-0.4, -0.2) is 12.5 Å². The predicted molar refractivity (Wildman–Crippen MR) is 96.6 cm³/mol. The largest absolute Gasteiger partial charge is 0.494 e. The van der Waals surface area contributed by atoms with Crippen LogP contribution >= 0.6 is 11.3 Å². The molecule has 0 aliphatic rings. The first-order chi connectivity index (χ1) is 11.7. The third-order valence-corrected chi connectivity index (χ3v) is 4.20. The molecule has 5 heteroatoms. The lowest BCUT2D eigenvalue weighted by molar-refractivity contribution is -0.117. The zero-order valence-corrected chi connectivity index (χ0v) is 14.4. The van der Waals surface area contributed by atoms with Crippen LogP contribution in [-0.2, 0) is 11.3 Å². The SMILES string of the molecule is CCCCOc1ccc(C=C(C#N)C(=O)NCc2cccs2)cc1. The number of nitrogens with one attached hydrogen (secondary N) is 1. The highest BCUT2D eigenvalue weighted by molar-refractivity contribution is 7.09. The lowest BCUT2D eigenvalue weighted by Crippen LogP contribution is -2.23. The van der Waals surface area contributed by atoms with Crippen LogP contribution in [0.15, 0.2) is 47.4 Å². The Labute approximate surface area is 146 Å². The van der Waals surface area contributed by atoms with Crippen molar-refractivity contribution in [3.63, 3.8) is 0 Å².